The van der Waals surface area contributed by atoms with E-state index in [0.29, 0.717) is 17.6 Å². The monoisotopic (exact) mass is 205 g/mol. The van der Waals surface area contributed by atoms with Crippen molar-refractivity contribution in [2.75, 3.05) is 5.43 Å². The second-order valence-corrected chi connectivity index (χ2v) is 3.95. The van der Waals surface area contributed by atoms with Gasteiger partial charge in [0, 0.05) is 5.92 Å². The predicted octanol–water partition coefficient (Wildman–Crippen LogP) is 1.16. The molecule has 0 atom stereocenters. The molecule has 1 aromatic heterocycles. The minimum absolute atomic E-state index is 0.323. The van der Waals surface area contributed by atoms with Crippen LogP contribution in [-0.4, -0.2) is 15.6 Å². The molecule has 0 saturated heterocycles. The molecule has 2 heterocycles. The molecule has 0 fully saturated rings. The second kappa shape index (κ2) is 3.12. The van der Waals surface area contributed by atoms with Crippen LogP contribution >= 0.6 is 0 Å². The zero-order valence-electron chi connectivity index (χ0n) is 9.20. The van der Waals surface area contributed by atoms with Crippen LogP contribution in [-0.2, 0) is 0 Å². The molecular weight excluding hydrogens is 190 g/mol. The fraction of sp³-hybridized carbons (Fsp3) is 0.400. The topological polar surface area (TPSA) is 68.2 Å². The molecule has 2 rings (SSSR count). The van der Waals surface area contributed by atoms with Gasteiger partial charge in [0.15, 0.2) is 0 Å². The number of guanidine groups is 1. The highest BCUT2D eigenvalue weighted by Gasteiger charge is 2.22. The van der Waals surface area contributed by atoms with Gasteiger partial charge < -0.3 is 5.73 Å². The smallest absolute Gasteiger partial charge is 0.213 e. The van der Waals surface area contributed by atoms with Crippen LogP contribution in [0.25, 0.3) is 5.70 Å². The molecule has 0 amide bonds. The quantitative estimate of drug-likeness (QED) is 0.722. The first kappa shape index (κ1) is 9.76. The molecule has 80 valence electrons. The van der Waals surface area contributed by atoms with Gasteiger partial charge in [-0.05, 0) is 6.92 Å². The molecule has 15 heavy (non-hydrogen) atoms. The third kappa shape index (κ3) is 1.40. The Hall–Kier alpha value is -1.78. The van der Waals surface area contributed by atoms with Crippen molar-refractivity contribution in [1.29, 1.82) is 0 Å². The average molecular weight is 205 g/mol. The third-order valence-corrected chi connectivity index (χ3v) is 2.35. The van der Waals surface area contributed by atoms with Gasteiger partial charge in [0.1, 0.15) is 11.5 Å². The normalized spacial score (nSPS) is 14.9. The van der Waals surface area contributed by atoms with Crippen LogP contribution in [0.3, 0.4) is 0 Å². The molecule has 3 N–H and O–H groups in total. The lowest BCUT2D eigenvalue weighted by molar-refractivity contribution is 0.722. The van der Waals surface area contributed by atoms with Crippen LogP contribution in [0.5, 0.6) is 0 Å². The number of aromatic nitrogens is 2. The molecule has 0 aliphatic carbocycles. The van der Waals surface area contributed by atoms with Crippen LogP contribution in [0.4, 0.5) is 0 Å². The van der Waals surface area contributed by atoms with Crippen molar-refractivity contribution in [1.82, 2.24) is 9.66 Å². The van der Waals surface area contributed by atoms with Crippen molar-refractivity contribution in [2.45, 2.75) is 26.7 Å². The molecule has 5 nitrogen and oxygen atoms in total. The SMILES string of the molecule is C=C1N=C(N)Nn2c(C(C)C)nc(C)c21. The fourth-order valence-corrected chi connectivity index (χ4v) is 1.73. The highest BCUT2D eigenvalue weighted by Crippen LogP contribution is 2.25. The summed E-state index contributed by atoms with van der Waals surface area (Å²) in [6.45, 7) is 9.99. The number of nitrogens with one attached hydrogen (secondary N) is 1. The first-order valence-corrected chi connectivity index (χ1v) is 4.90. The summed E-state index contributed by atoms with van der Waals surface area (Å²) in [6, 6.07) is 0. The predicted molar refractivity (Wildman–Crippen MR) is 61.1 cm³/mol. The molecule has 5 heteroatoms. The zero-order chi connectivity index (χ0) is 11.2. The number of hydrogen-bond acceptors (Lipinski definition) is 4. The largest absolute Gasteiger partial charge is 0.368 e. The summed E-state index contributed by atoms with van der Waals surface area (Å²) < 4.78 is 1.87. The van der Waals surface area contributed by atoms with Crippen molar-refractivity contribution in [3.63, 3.8) is 0 Å². The van der Waals surface area contributed by atoms with E-state index in [1.807, 2.05) is 11.6 Å². The van der Waals surface area contributed by atoms with Crippen molar-refractivity contribution < 1.29 is 0 Å². The molecule has 1 aliphatic rings. The van der Waals surface area contributed by atoms with E-state index in [-0.39, 0.29) is 0 Å². The molecule has 0 bridgehead atoms. The molecular formula is C10H15N5. The lowest BCUT2D eigenvalue weighted by atomic mass is 10.2. The van der Waals surface area contributed by atoms with E-state index in [1.165, 1.54) is 0 Å². The standard InChI is InChI=1S/C10H15N5/c1-5(2)9-12-6(3)8-7(4)13-10(11)14-15(8)9/h5H,4H2,1-3H3,(H3,11,13,14). The number of rotatable bonds is 1. The van der Waals surface area contributed by atoms with Crippen LogP contribution in [0.1, 0.15) is 37.0 Å². The summed E-state index contributed by atoms with van der Waals surface area (Å²) in [4.78, 5) is 8.57. The maximum atomic E-state index is 5.65. The first-order valence-electron chi connectivity index (χ1n) is 4.90. The molecule has 0 saturated carbocycles. The van der Waals surface area contributed by atoms with E-state index in [4.69, 9.17) is 5.73 Å². The van der Waals surface area contributed by atoms with Crippen molar-refractivity contribution in [3.05, 3.63) is 23.8 Å². The van der Waals surface area contributed by atoms with Gasteiger partial charge in [-0.1, -0.05) is 20.4 Å². The number of fused-ring (bicyclic) bond motifs is 1. The number of hydrogen-bond donors (Lipinski definition) is 2. The van der Waals surface area contributed by atoms with Crippen LogP contribution in [0, 0.1) is 6.92 Å². The van der Waals surface area contributed by atoms with Crippen molar-refractivity contribution >= 4 is 11.7 Å². The lowest BCUT2D eigenvalue weighted by Crippen LogP contribution is -2.35. The fourth-order valence-electron chi connectivity index (χ4n) is 1.73. The highest BCUT2D eigenvalue weighted by atomic mass is 15.5. The second-order valence-electron chi connectivity index (χ2n) is 3.95. The minimum atomic E-state index is 0.323. The van der Waals surface area contributed by atoms with E-state index in [0.717, 1.165) is 17.2 Å². The summed E-state index contributed by atoms with van der Waals surface area (Å²) in [5.41, 5.74) is 11.1. The Kier molecular flexibility index (Phi) is 2.03. The highest BCUT2D eigenvalue weighted by molar-refractivity contribution is 5.93. The van der Waals surface area contributed by atoms with Gasteiger partial charge >= 0.3 is 0 Å². The van der Waals surface area contributed by atoms with Gasteiger partial charge in [-0.15, -0.1) is 0 Å². The Morgan fingerprint density at radius 1 is 1.47 bits per heavy atom. The van der Waals surface area contributed by atoms with Gasteiger partial charge in [-0.2, -0.15) is 0 Å². The Bertz CT molecular complexity index is 453. The summed E-state index contributed by atoms with van der Waals surface area (Å²) in [7, 11) is 0. The number of nitrogens with zero attached hydrogens (tertiary/aromatic N) is 3. The number of nitrogens with two attached hydrogens (primary N) is 1. The van der Waals surface area contributed by atoms with Crippen LogP contribution in [0.2, 0.25) is 0 Å². The van der Waals surface area contributed by atoms with Gasteiger partial charge in [0.25, 0.3) is 0 Å². The Morgan fingerprint density at radius 2 is 2.13 bits per heavy atom. The van der Waals surface area contributed by atoms with Gasteiger partial charge in [-0.25, -0.2) is 14.7 Å². The van der Waals surface area contributed by atoms with E-state index in [2.05, 4.69) is 35.8 Å². The molecule has 1 aliphatic heterocycles. The van der Waals surface area contributed by atoms with Gasteiger partial charge in [0.05, 0.1) is 11.4 Å². The zero-order valence-corrected chi connectivity index (χ0v) is 9.20. The maximum absolute atomic E-state index is 5.65. The first-order chi connectivity index (χ1) is 7.00. The van der Waals surface area contributed by atoms with E-state index >= 15 is 0 Å². The Morgan fingerprint density at radius 3 is 2.73 bits per heavy atom. The molecule has 0 radical (unpaired) electrons. The van der Waals surface area contributed by atoms with Crippen LogP contribution < -0.4 is 11.2 Å². The molecule has 1 aromatic rings. The van der Waals surface area contributed by atoms with Gasteiger partial charge in [0.2, 0.25) is 5.96 Å². The maximum Gasteiger partial charge on any atom is 0.213 e. The minimum Gasteiger partial charge on any atom is -0.368 e. The summed E-state index contributed by atoms with van der Waals surface area (Å²) in [5, 5.41) is 0. The number of imidazole rings is 1. The summed E-state index contributed by atoms with van der Waals surface area (Å²) >= 11 is 0. The van der Waals surface area contributed by atoms with Gasteiger partial charge in [-0.3, -0.25) is 5.43 Å². The van der Waals surface area contributed by atoms with Crippen LogP contribution in [0.15, 0.2) is 11.6 Å². The third-order valence-electron chi connectivity index (χ3n) is 2.35. The lowest BCUT2D eigenvalue weighted by Gasteiger charge is -2.19. The Balaban J connectivity index is 2.61. The molecule has 0 aromatic carbocycles. The van der Waals surface area contributed by atoms with Crippen molar-refractivity contribution in [2.24, 2.45) is 10.7 Å². The molecule has 0 spiro atoms. The van der Waals surface area contributed by atoms with Crippen molar-refractivity contribution in [3.8, 4) is 0 Å². The van der Waals surface area contributed by atoms with E-state index in [9.17, 15) is 0 Å². The summed E-state index contributed by atoms with van der Waals surface area (Å²) in [5.74, 6) is 1.62. The average Bonchev–Trinajstić information content (AvgIpc) is 2.42. The number of aryl methyl sites for hydroxylation is 1. The number of aliphatic imine (C=N–C) groups is 1. The Labute approximate surface area is 88.7 Å². The van der Waals surface area contributed by atoms with E-state index in [1.54, 1.807) is 0 Å². The molecule has 0 unspecified atom stereocenters. The summed E-state index contributed by atoms with van der Waals surface area (Å²) in [6.07, 6.45) is 0. The van der Waals surface area contributed by atoms with E-state index < -0.39 is 0 Å².